The number of aryl methyl sites for hydroxylation is 1. The van der Waals surface area contributed by atoms with Crippen LogP contribution in [0.25, 0.3) is 11.1 Å². The van der Waals surface area contributed by atoms with Gasteiger partial charge in [-0.25, -0.2) is 0 Å². The van der Waals surface area contributed by atoms with E-state index in [1.54, 1.807) is 19.5 Å². The highest BCUT2D eigenvalue weighted by atomic mass is 16.5. The van der Waals surface area contributed by atoms with Gasteiger partial charge in [-0.3, -0.25) is 9.78 Å². The second-order valence-corrected chi connectivity index (χ2v) is 5.26. The lowest BCUT2D eigenvalue weighted by Gasteiger charge is -2.13. The molecule has 25 heavy (non-hydrogen) atoms. The summed E-state index contributed by atoms with van der Waals surface area (Å²) in [6.45, 7) is 0.943. The van der Waals surface area contributed by atoms with Gasteiger partial charge in [0.15, 0.2) is 0 Å². The summed E-state index contributed by atoms with van der Waals surface area (Å²) in [5.74, 6) is 5.55. The molecule has 0 aliphatic rings. The molecule has 2 rings (SSSR count). The Morgan fingerprint density at radius 3 is 2.96 bits per heavy atom. The van der Waals surface area contributed by atoms with Gasteiger partial charge in [-0.15, -0.1) is 0 Å². The minimum Gasteiger partial charge on any atom is -0.491 e. The number of carbonyl (C=O) groups is 1. The molecule has 0 atom stereocenters. The number of nitrogens with one attached hydrogen (secondary N) is 1. The predicted octanol–water partition coefficient (Wildman–Crippen LogP) is 1.72. The highest BCUT2D eigenvalue weighted by Gasteiger charge is 2.09. The number of hydrogen-bond donors (Lipinski definition) is 2. The number of aromatic nitrogens is 1. The smallest absolute Gasteiger partial charge is 0.225 e. The first-order chi connectivity index (χ1) is 12.2. The van der Waals surface area contributed by atoms with Gasteiger partial charge < -0.3 is 20.6 Å². The van der Waals surface area contributed by atoms with Crippen molar-refractivity contribution in [3.05, 3.63) is 48.3 Å². The quantitative estimate of drug-likeness (QED) is 0.238. The van der Waals surface area contributed by atoms with Crippen LogP contribution in [0.1, 0.15) is 12.0 Å². The minimum atomic E-state index is -0.146. The third-order valence-electron chi connectivity index (χ3n) is 3.50. The molecule has 0 aliphatic heterocycles. The number of carbonyl (C=O) groups excluding carboxylic acids is 1. The van der Waals surface area contributed by atoms with Crippen molar-refractivity contribution in [1.82, 2.24) is 10.3 Å². The molecule has 1 heterocycles. The largest absolute Gasteiger partial charge is 0.491 e. The molecule has 1 amide bonds. The summed E-state index contributed by atoms with van der Waals surface area (Å²) >= 11 is 0. The monoisotopic (exact) mass is 342 g/mol. The van der Waals surface area contributed by atoms with Crippen LogP contribution in [-0.2, 0) is 16.0 Å². The molecule has 1 aromatic heterocycles. The first-order valence-electron chi connectivity index (χ1n) is 7.90. The average Bonchev–Trinajstić information content (AvgIpc) is 2.65. The van der Waals surface area contributed by atoms with Crippen LogP contribution in [-0.4, -0.2) is 37.6 Å². The molecule has 1 aromatic carbocycles. The molecule has 0 radical (unpaired) electrons. The van der Waals surface area contributed by atoms with E-state index in [2.05, 4.69) is 15.4 Å². The van der Waals surface area contributed by atoms with Crippen LogP contribution in [0.15, 0.2) is 47.8 Å². The van der Waals surface area contributed by atoms with E-state index >= 15 is 0 Å². The number of nitrogens with two attached hydrogens (primary N) is 1. The fourth-order valence-corrected chi connectivity index (χ4v) is 2.28. The van der Waals surface area contributed by atoms with Crippen molar-refractivity contribution in [2.45, 2.75) is 12.8 Å². The molecular weight excluding hydrogens is 320 g/mol. The fourth-order valence-electron chi connectivity index (χ4n) is 2.28. The minimum absolute atomic E-state index is 0.146. The zero-order valence-corrected chi connectivity index (χ0v) is 14.1. The molecule has 132 valence electrons. The number of rotatable bonds is 9. The van der Waals surface area contributed by atoms with Gasteiger partial charge in [0.25, 0.3) is 0 Å². The maximum atomic E-state index is 11.6. The molecule has 7 heteroatoms. The zero-order valence-electron chi connectivity index (χ0n) is 14.1. The highest BCUT2D eigenvalue weighted by molar-refractivity contribution is 5.87. The van der Waals surface area contributed by atoms with Crippen LogP contribution in [0, 0.1) is 0 Å². The standard InChI is InChI=1S/C18H22N4O3/c1-24-9-10-25-17-11-14(5-7-18(23)21-13-22-19)4-6-16(17)15-3-2-8-20-12-15/h2-4,6,8,11-13H,5,7,9-10,19H2,1H3,(H,21,22,23). The van der Waals surface area contributed by atoms with Crippen molar-refractivity contribution >= 4 is 12.2 Å². The second-order valence-electron chi connectivity index (χ2n) is 5.26. The van der Waals surface area contributed by atoms with Gasteiger partial charge in [0.05, 0.1) is 6.61 Å². The van der Waals surface area contributed by atoms with E-state index < -0.39 is 0 Å². The van der Waals surface area contributed by atoms with Gasteiger partial charge in [-0.2, -0.15) is 5.10 Å². The van der Waals surface area contributed by atoms with E-state index in [0.717, 1.165) is 22.4 Å². The van der Waals surface area contributed by atoms with Crippen LogP contribution in [0.5, 0.6) is 5.75 Å². The van der Waals surface area contributed by atoms with Gasteiger partial charge in [0.2, 0.25) is 5.91 Å². The molecule has 0 fully saturated rings. The van der Waals surface area contributed by atoms with Crippen molar-refractivity contribution < 1.29 is 14.3 Å². The van der Waals surface area contributed by atoms with Crippen molar-refractivity contribution in [2.24, 2.45) is 10.9 Å². The summed E-state index contributed by atoms with van der Waals surface area (Å²) in [4.78, 5) is 15.8. The van der Waals surface area contributed by atoms with E-state index in [1.807, 2.05) is 30.3 Å². The molecule has 0 unspecified atom stereocenters. The molecule has 0 aliphatic carbocycles. The van der Waals surface area contributed by atoms with Gasteiger partial charge >= 0.3 is 0 Å². The topological polar surface area (TPSA) is 98.8 Å². The Hall–Kier alpha value is -2.93. The lowest BCUT2D eigenvalue weighted by atomic mass is 10.0. The Morgan fingerprint density at radius 2 is 2.24 bits per heavy atom. The molecular formula is C18H22N4O3. The average molecular weight is 342 g/mol. The first kappa shape index (κ1) is 18.4. The van der Waals surface area contributed by atoms with Crippen molar-refractivity contribution in [1.29, 1.82) is 0 Å². The van der Waals surface area contributed by atoms with Crippen molar-refractivity contribution in [3.63, 3.8) is 0 Å². The van der Waals surface area contributed by atoms with E-state index in [0.29, 0.717) is 26.1 Å². The van der Waals surface area contributed by atoms with Gasteiger partial charge in [0.1, 0.15) is 18.7 Å². The summed E-state index contributed by atoms with van der Waals surface area (Å²) in [7, 11) is 1.63. The SMILES string of the molecule is COCCOc1cc(CCC(=O)N/C=N/N)ccc1-c1cccnc1. The second kappa shape index (κ2) is 10.0. The van der Waals surface area contributed by atoms with E-state index in [9.17, 15) is 4.79 Å². The van der Waals surface area contributed by atoms with E-state index in [4.69, 9.17) is 15.3 Å². The van der Waals surface area contributed by atoms with Crippen LogP contribution in [0.3, 0.4) is 0 Å². The maximum absolute atomic E-state index is 11.6. The number of hydrogen-bond acceptors (Lipinski definition) is 6. The summed E-state index contributed by atoms with van der Waals surface area (Å²) in [6.07, 6.45) is 5.60. The molecule has 0 saturated carbocycles. The Balaban J connectivity index is 2.14. The Kier molecular flexibility index (Phi) is 7.40. The number of amides is 1. The van der Waals surface area contributed by atoms with Crippen molar-refractivity contribution in [3.8, 4) is 16.9 Å². The lowest BCUT2D eigenvalue weighted by Crippen LogP contribution is -2.22. The zero-order chi connectivity index (χ0) is 17.9. The predicted molar refractivity (Wildman–Crippen MR) is 96.2 cm³/mol. The number of hydrazone groups is 1. The number of nitrogens with zero attached hydrogens (tertiary/aromatic N) is 2. The number of pyridine rings is 1. The van der Waals surface area contributed by atoms with Gasteiger partial charge in [0, 0.05) is 37.1 Å². The summed E-state index contributed by atoms with van der Waals surface area (Å²) in [6, 6.07) is 9.77. The van der Waals surface area contributed by atoms with Gasteiger partial charge in [-0.05, 0) is 24.1 Å². The van der Waals surface area contributed by atoms with E-state index in [-0.39, 0.29) is 5.91 Å². The summed E-state index contributed by atoms with van der Waals surface area (Å²) < 4.78 is 10.9. The molecule has 0 spiro atoms. The summed E-state index contributed by atoms with van der Waals surface area (Å²) in [5.41, 5.74) is 2.92. The normalized spacial score (nSPS) is 10.8. The van der Waals surface area contributed by atoms with Crippen LogP contribution >= 0.6 is 0 Å². The molecule has 0 saturated heterocycles. The molecule has 0 bridgehead atoms. The third-order valence-corrected chi connectivity index (χ3v) is 3.50. The third kappa shape index (κ3) is 5.89. The van der Waals surface area contributed by atoms with E-state index in [1.165, 1.54) is 6.34 Å². The molecule has 2 aromatic rings. The number of methoxy groups -OCH3 is 1. The van der Waals surface area contributed by atoms with Crippen molar-refractivity contribution in [2.75, 3.05) is 20.3 Å². The van der Waals surface area contributed by atoms with Crippen LogP contribution in [0.2, 0.25) is 0 Å². The van der Waals surface area contributed by atoms with Gasteiger partial charge in [-0.1, -0.05) is 18.2 Å². The van der Waals surface area contributed by atoms with Crippen LogP contribution in [0.4, 0.5) is 0 Å². The Bertz CT molecular complexity index is 705. The Labute approximate surface area is 146 Å². The molecule has 3 N–H and O–H groups in total. The van der Waals surface area contributed by atoms with Crippen LogP contribution < -0.4 is 15.9 Å². The fraction of sp³-hybridized carbons (Fsp3) is 0.278. The molecule has 7 nitrogen and oxygen atoms in total. The first-order valence-corrected chi connectivity index (χ1v) is 7.90. The number of benzene rings is 1. The lowest BCUT2D eigenvalue weighted by molar-refractivity contribution is -0.119. The summed E-state index contributed by atoms with van der Waals surface area (Å²) in [5, 5.41) is 5.72. The highest BCUT2D eigenvalue weighted by Crippen LogP contribution is 2.31. The Morgan fingerprint density at radius 1 is 1.36 bits per heavy atom. The number of ether oxygens (including phenoxy) is 2. The maximum Gasteiger partial charge on any atom is 0.225 e.